The van der Waals surface area contributed by atoms with Gasteiger partial charge in [-0.2, -0.15) is 0 Å². The van der Waals surface area contributed by atoms with Gasteiger partial charge < -0.3 is 0 Å². The number of thioether (sulfide) groups is 1. The van der Waals surface area contributed by atoms with Crippen molar-refractivity contribution in [2.45, 2.75) is 17.0 Å². The van der Waals surface area contributed by atoms with Gasteiger partial charge in [0.25, 0.3) is 0 Å². The molecule has 0 spiro atoms. The van der Waals surface area contributed by atoms with Crippen molar-refractivity contribution in [3.05, 3.63) is 42.6 Å². The molecule has 0 aliphatic carbocycles. The smallest absolute Gasteiger partial charge is 0.207 e. The van der Waals surface area contributed by atoms with E-state index in [9.17, 15) is 8.42 Å². The molecule has 2 heterocycles. The minimum absolute atomic E-state index is 0.0874. The third-order valence-electron chi connectivity index (χ3n) is 3.43. The van der Waals surface area contributed by atoms with Crippen LogP contribution in [-0.2, 0) is 9.84 Å². The lowest BCUT2D eigenvalue weighted by Gasteiger charge is -2.06. The molecule has 7 heteroatoms. The zero-order valence-corrected chi connectivity index (χ0v) is 13.9. The number of rotatable bonds is 4. The van der Waals surface area contributed by atoms with Gasteiger partial charge >= 0.3 is 0 Å². The Balaban J connectivity index is 2.18. The topological polar surface area (TPSA) is 64.3 Å². The first-order chi connectivity index (χ1) is 10.5. The van der Waals surface area contributed by atoms with Gasteiger partial charge in [-0.1, -0.05) is 30.8 Å². The van der Waals surface area contributed by atoms with Gasteiger partial charge in [-0.25, -0.2) is 17.9 Å². The van der Waals surface area contributed by atoms with E-state index in [1.807, 2.05) is 24.5 Å². The maximum Gasteiger partial charge on any atom is 0.207 e. The number of aromatic nitrogens is 3. The summed E-state index contributed by atoms with van der Waals surface area (Å²) in [6.07, 6.45) is 3.67. The third kappa shape index (κ3) is 2.62. The molecule has 0 atom stereocenters. The van der Waals surface area contributed by atoms with Crippen LogP contribution in [-0.4, -0.2) is 35.0 Å². The third-order valence-corrected chi connectivity index (χ3v) is 5.71. The van der Waals surface area contributed by atoms with Crippen molar-refractivity contribution in [1.82, 2.24) is 14.6 Å². The second kappa shape index (κ2) is 5.73. The van der Waals surface area contributed by atoms with E-state index in [0.29, 0.717) is 10.1 Å². The molecule has 0 saturated carbocycles. The average molecular weight is 333 g/mol. The van der Waals surface area contributed by atoms with E-state index in [1.165, 1.54) is 11.8 Å². The first-order valence-electron chi connectivity index (χ1n) is 6.77. The SMILES string of the molecule is CCS(=O)(=O)c1cccc(-c2ccc3cnc(SC)nn23)c1. The van der Waals surface area contributed by atoms with Gasteiger partial charge in [-0.15, -0.1) is 5.10 Å². The highest BCUT2D eigenvalue weighted by Gasteiger charge is 2.14. The highest BCUT2D eigenvalue weighted by Crippen LogP contribution is 2.25. The minimum atomic E-state index is -3.22. The first kappa shape index (κ1) is 15.1. The Hall–Kier alpha value is -1.86. The standard InChI is InChI=1S/C15H15N3O2S2/c1-3-22(19,20)13-6-4-5-11(9-13)14-8-7-12-10-16-15(21-2)17-18(12)14/h4-10H,3H2,1-2H3. The van der Waals surface area contributed by atoms with E-state index in [4.69, 9.17) is 0 Å². The fourth-order valence-corrected chi connectivity index (χ4v) is 3.46. The van der Waals surface area contributed by atoms with Crippen LogP contribution < -0.4 is 0 Å². The quantitative estimate of drug-likeness (QED) is 0.687. The van der Waals surface area contributed by atoms with Crippen molar-refractivity contribution >= 4 is 27.1 Å². The lowest BCUT2D eigenvalue weighted by atomic mass is 10.2. The number of benzene rings is 1. The Labute approximate surface area is 133 Å². The first-order valence-corrected chi connectivity index (χ1v) is 9.65. The van der Waals surface area contributed by atoms with Gasteiger partial charge in [0.1, 0.15) is 0 Å². The molecule has 0 amide bonds. The predicted molar refractivity (Wildman–Crippen MR) is 87.9 cm³/mol. The van der Waals surface area contributed by atoms with Crippen LogP contribution in [0.1, 0.15) is 6.92 Å². The molecule has 2 aromatic heterocycles. The summed E-state index contributed by atoms with van der Waals surface area (Å²) in [6.45, 7) is 1.65. The molecule has 1 aromatic carbocycles. The number of nitrogens with zero attached hydrogens (tertiary/aromatic N) is 3. The summed E-state index contributed by atoms with van der Waals surface area (Å²) in [7, 11) is -3.22. The number of hydrogen-bond acceptors (Lipinski definition) is 5. The van der Waals surface area contributed by atoms with Gasteiger partial charge in [0.05, 0.1) is 28.1 Å². The van der Waals surface area contributed by atoms with Crippen molar-refractivity contribution in [2.24, 2.45) is 0 Å². The van der Waals surface area contributed by atoms with Gasteiger partial charge in [0, 0.05) is 5.56 Å². The number of sulfone groups is 1. The van der Waals surface area contributed by atoms with Crippen LogP contribution in [0.2, 0.25) is 0 Å². The summed E-state index contributed by atoms with van der Waals surface area (Å²) in [5.41, 5.74) is 2.54. The maximum atomic E-state index is 12.1. The van der Waals surface area contributed by atoms with Crippen molar-refractivity contribution in [2.75, 3.05) is 12.0 Å². The molecule has 5 nitrogen and oxygen atoms in total. The van der Waals surface area contributed by atoms with Crippen LogP contribution in [0, 0.1) is 0 Å². The molecule has 22 heavy (non-hydrogen) atoms. The fraction of sp³-hybridized carbons (Fsp3) is 0.200. The summed E-state index contributed by atoms with van der Waals surface area (Å²) >= 11 is 1.46. The normalized spacial score (nSPS) is 11.9. The molecule has 0 fully saturated rings. The van der Waals surface area contributed by atoms with E-state index < -0.39 is 9.84 Å². The molecule has 114 valence electrons. The summed E-state index contributed by atoms with van der Waals surface area (Å²) in [6, 6.07) is 10.8. The maximum absolute atomic E-state index is 12.1. The largest absolute Gasteiger partial charge is 0.229 e. The van der Waals surface area contributed by atoms with Gasteiger partial charge in [-0.05, 0) is 30.5 Å². The Bertz CT molecular complexity index is 933. The van der Waals surface area contributed by atoms with Crippen LogP contribution in [0.5, 0.6) is 0 Å². The molecule has 0 aliphatic heterocycles. The fourth-order valence-electron chi connectivity index (χ4n) is 2.21. The van der Waals surface area contributed by atoms with Gasteiger partial charge in [0.2, 0.25) is 5.16 Å². The zero-order chi connectivity index (χ0) is 15.7. The van der Waals surface area contributed by atoms with Crippen molar-refractivity contribution < 1.29 is 8.42 Å². The molecule has 0 aliphatic rings. The summed E-state index contributed by atoms with van der Waals surface area (Å²) in [5.74, 6) is 0.0874. The zero-order valence-electron chi connectivity index (χ0n) is 12.2. The molecule has 0 radical (unpaired) electrons. The van der Waals surface area contributed by atoms with E-state index in [0.717, 1.165) is 16.8 Å². The lowest BCUT2D eigenvalue weighted by Crippen LogP contribution is -2.04. The molecule has 0 unspecified atom stereocenters. The van der Waals surface area contributed by atoms with Gasteiger partial charge in [-0.3, -0.25) is 0 Å². The van der Waals surface area contributed by atoms with Gasteiger partial charge in [0.15, 0.2) is 9.84 Å². The summed E-state index contributed by atoms with van der Waals surface area (Å²) in [4.78, 5) is 4.57. The Morgan fingerprint density at radius 2 is 2.05 bits per heavy atom. The van der Waals surface area contributed by atoms with E-state index in [2.05, 4.69) is 10.1 Å². The molecule has 3 aromatic rings. The number of fused-ring (bicyclic) bond motifs is 1. The summed E-state index contributed by atoms with van der Waals surface area (Å²) in [5, 5.41) is 5.13. The van der Waals surface area contributed by atoms with Crippen LogP contribution in [0.4, 0.5) is 0 Å². The van der Waals surface area contributed by atoms with Crippen molar-refractivity contribution in [3.63, 3.8) is 0 Å². The van der Waals surface area contributed by atoms with Crippen LogP contribution in [0.15, 0.2) is 52.6 Å². The molecular weight excluding hydrogens is 318 g/mol. The van der Waals surface area contributed by atoms with E-state index in [1.54, 1.807) is 35.8 Å². The Morgan fingerprint density at radius 1 is 1.23 bits per heavy atom. The second-order valence-electron chi connectivity index (χ2n) is 4.73. The molecular formula is C15H15N3O2S2. The average Bonchev–Trinajstić information content (AvgIpc) is 2.97. The van der Waals surface area contributed by atoms with Crippen LogP contribution >= 0.6 is 11.8 Å². The Kier molecular flexibility index (Phi) is 3.92. The van der Waals surface area contributed by atoms with Crippen molar-refractivity contribution in [1.29, 1.82) is 0 Å². The van der Waals surface area contributed by atoms with Crippen LogP contribution in [0.25, 0.3) is 16.8 Å². The monoisotopic (exact) mass is 333 g/mol. The predicted octanol–water partition coefficient (Wildman–Crippen LogP) is 2.91. The minimum Gasteiger partial charge on any atom is -0.229 e. The highest BCUT2D eigenvalue weighted by molar-refractivity contribution is 7.98. The molecule has 3 rings (SSSR count). The molecule has 0 N–H and O–H groups in total. The lowest BCUT2D eigenvalue weighted by molar-refractivity contribution is 0.597. The van der Waals surface area contributed by atoms with Crippen molar-refractivity contribution in [3.8, 4) is 11.3 Å². The Morgan fingerprint density at radius 3 is 2.77 bits per heavy atom. The van der Waals surface area contributed by atoms with Crippen LogP contribution in [0.3, 0.4) is 0 Å². The van der Waals surface area contributed by atoms with E-state index >= 15 is 0 Å². The highest BCUT2D eigenvalue weighted by atomic mass is 32.2. The molecule has 0 bridgehead atoms. The summed E-state index contributed by atoms with van der Waals surface area (Å²) < 4.78 is 25.9. The number of hydrogen-bond donors (Lipinski definition) is 0. The van der Waals surface area contributed by atoms with E-state index in [-0.39, 0.29) is 5.75 Å². The second-order valence-corrected chi connectivity index (χ2v) is 7.78. The molecule has 0 saturated heterocycles.